The number of ketones is 2. The quantitative estimate of drug-likeness (QED) is 0.176. The predicted molar refractivity (Wildman–Crippen MR) is 165 cm³/mol. The Kier molecular flexibility index (Phi) is 7.52. The standard InChI is InChI=1S/C32H32N6O8/c1-4-11-46-29(45)37-16-7-5-15(6-8-16)17-9-10-19(39)20-18(17)12-30(35)13-32(36)25(38(2)3)24(41)21(28(34)44)26(42)31(32,14-33)27(43)22(30)23(20)40/h4-10,25,39-40,42H,1,11-13,35-36H2,2-3H3,(H2,34,44)(H,37,45)/t25-,30-,31+,32-/m1/s1. The van der Waals surface area contributed by atoms with Crippen LogP contribution in [0.15, 0.2) is 66.0 Å². The van der Waals surface area contributed by atoms with E-state index in [2.05, 4.69) is 11.9 Å². The fourth-order valence-corrected chi connectivity index (χ4v) is 7.12. The number of aliphatic hydroxyl groups is 2. The van der Waals surface area contributed by atoms with Crippen LogP contribution in [0.5, 0.6) is 5.75 Å². The Morgan fingerprint density at radius 1 is 1.15 bits per heavy atom. The molecule has 0 spiro atoms. The van der Waals surface area contributed by atoms with Crippen LogP contribution in [-0.4, -0.2) is 81.6 Å². The number of aromatic hydroxyl groups is 1. The van der Waals surface area contributed by atoms with Gasteiger partial charge in [0.05, 0.1) is 34.3 Å². The molecule has 0 heterocycles. The van der Waals surface area contributed by atoms with Gasteiger partial charge in [0.2, 0.25) is 0 Å². The summed E-state index contributed by atoms with van der Waals surface area (Å²) in [5, 5.41) is 47.0. The Hall–Kier alpha value is -5.49. The molecule has 1 saturated carbocycles. The normalized spacial score (nSPS) is 26.9. The van der Waals surface area contributed by atoms with E-state index >= 15 is 0 Å². The molecule has 3 aliphatic carbocycles. The second-order valence-corrected chi connectivity index (χ2v) is 11.9. The number of nitrogens with two attached hydrogens (primary N) is 3. The highest BCUT2D eigenvalue weighted by Crippen LogP contribution is 2.58. The number of nitrogens with zero attached hydrogens (tertiary/aromatic N) is 2. The molecule has 0 unspecified atom stereocenters. The molecule has 2 aromatic rings. The van der Waals surface area contributed by atoms with E-state index in [1.807, 2.05) is 0 Å². The highest BCUT2D eigenvalue weighted by molar-refractivity contribution is 6.25. The lowest BCUT2D eigenvalue weighted by Crippen LogP contribution is -2.80. The number of aliphatic hydroxyl groups excluding tert-OH is 2. The number of carbonyl (C=O) groups is 4. The maximum atomic E-state index is 14.5. The van der Waals surface area contributed by atoms with E-state index in [4.69, 9.17) is 21.9 Å². The number of likely N-dealkylation sites (N-methyl/N-ethyl adjacent to an activating group) is 1. The molecule has 0 bridgehead atoms. The second kappa shape index (κ2) is 10.8. The second-order valence-electron chi connectivity index (χ2n) is 11.9. The van der Waals surface area contributed by atoms with Gasteiger partial charge < -0.3 is 37.3 Å². The fourth-order valence-electron chi connectivity index (χ4n) is 7.12. The number of ether oxygens (including phenoxy) is 1. The van der Waals surface area contributed by atoms with Crippen LogP contribution in [-0.2, 0) is 25.5 Å². The third-order valence-corrected chi connectivity index (χ3v) is 8.91. The minimum Gasteiger partial charge on any atom is -0.509 e. The molecular formula is C32H32N6O8. The van der Waals surface area contributed by atoms with Crippen molar-refractivity contribution in [1.29, 1.82) is 5.26 Å². The number of phenols is 1. The lowest BCUT2D eigenvalue weighted by Gasteiger charge is -2.58. The largest absolute Gasteiger partial charge is 0.509 e. The first-order valence-electron chi connectivity index (χ1n) is 14.0. The van der Waals surface area contributed by atoms with E-state index in [9.17, 15) is 39.8 Å². The molecule has 2 aromatic carbocycles. The van der Waals surface area contributed by atoms with Crippen molar-refractivity contribution in [2.45, 2.75) is 30.0 Å². The topological polar surface area (TPSA) is 255 Å². The lowest BCUT2D eigenvalue weighted by molar-refractivity contribution is -0.139. The molecule has 1 fully saturated rings. The van der Waals surface area contributed by atoms with Gasteiger partial charge in [0, 0.05) is 5.69 Å². The summed E-state index contributed by atoms with van der Waals surface area (Å²) in [4.78, 5) is 53.6. The number of benzene rings is 2. The van der Waals surface area contributed by atoms with E-state index < -0.39 is 80.9 Å². The molecule has 0 aromatic heterocycles. The Bertz CT molecular complexity index is 1840. The van der Waals surface area contributed by atoms with Gasteiger partial charge in [0.1, 0.15) is 29.4 Å². The van der Waals surface area contributed by atoms with Crippen molar-refractivity contribution in [1.82, 2.24) is 4.90 Å². The first kappa shape index (κ1) is 31.9. The summed E-state index contributed by atoms with van der Waals surface area (Å²) in [5.41, 5.74) is 12.7. The van der Waals surface area contributed by atoms with E-state index in [1.165, 1.54) is 31.1 Å². The number of anilines is 1. The number of primary amides is 1. The average molecular weight is 629 g/mol. The first-order valence-corrected chi connectivity index (χ1v) is 14.0. The molecule has 5 rings (SSSR count). The van der Waals surface area contributed by atoms with Crippen molar-refractivity contribution in [3.8, 4) is 22.9 Å². The maximum Gasteiger partial charge on any atom is 0.411 e. The molecule has 14 nitrogen and oxygen atoms in total. The van der Waals surface area contributed by atoms with Gasteiger partial charge in [-0.15, -0.1) is 0 Å². The minimum absolute atomic E-state index is 0.0249. The van der Waals surface area contributed by atoms with E-state index in [-0.39, 0.29) is 18.6 Å². The highest BCUT2D eigenvalue weighted by Gasteiger charge is 2.74. The smallest absolute Gasteiger partial charge is 0.411 e. The summed E-state index contributed by atoms with van der Waals surface area (Å²) in [6, 6.07) is 9.67. The molecule has 46 heavy (non-hydrogen) atoms. The maximum absolute atomic E-state index is 14.5. The monoisotopic (exact) mass is 628 g/mol. The van der Waals surface area contributed by atoms with Crippen molar-refractivity contribution in [3.63, 3.8) is 0 Å². The number of hydrogen-bond donors (Lipinski definition) is 7. The third kappa shape index (κ3) is 4.28. The van der Waals surface area contributed by atoms with Gasteiger partial charge in [-0.3, -0.25) is 24.6 Å². The van der Waals surface area contributed by atoms with Crippen LogP contribution in [0.1, 0.15) is 17.5 Å². The van der Waals surface area contributed by atoms with Gasteiger partial charge in [-0.05, 0) is 61.8 Å². The van der Waals surface area contributed by atoms with Crippen molar-refractivity contribution < 1.29 is 39.2 Å². The summed E-state index contributed by atoms with van der Waals surface area (Å²) < 4.78 is 4.93. The number of fused-ring (bicyclic) bond motifs is 3. The molecule has 3 aliphatic rings. The molecule has 0 radical (unpaired) electrons. The zero-order chi connectivity index (χ0) is 33.9. The third-order valence-electron chi connectivity index (χ3n) is 8.91. The molecule has 238 valence electrons. The summed E-state index contributed by atoms with van der Waals surface area (Å²) in [6.45, 7) is 3.51. The number of amides is 2. The number of Topliss-reactive ketones (excluding diaryl/α,β-unsaturated/α-hetero) is 2. The van der Waals surface area contributed by atoms with Gasteiger partial charge >= 0.3 is 6.09 Å². The zero-order valence-corrected chi connectivity index (χ0v) is 25.0. The van der Waals surface area contributed by atoms with Crippen molar-refractivity contribution >= 4 is 35.0 Å². The zero-order valence-electron chi connectivity index (χ0n) is 25.0. The van der Waals surface area contributed by atoms with E-state index in [0.717, 1.165) is 0 Å². The van der Waals surface area contributed by atoms with Crippen LogP contribution >= 0.6 is 0 Å². The summed E-state index contributed by atoms with van der Waals surface area (Å²) in [5.74, 6) is -5.96. The summed E-state index contributed by atoms with van der Waals surface area (Å²) in [7, 11) is 2.89. The lowest BCUT2D eigenvalue weighted by atomic mass is 9.47. The molecule has 4 atom stereocenters. The Morgan fingerprint density at radius 2 is 1.80 bits per heavy atom. The van der Waals surface area contributed by atoms with Crippen molar-refractivity contribution in [2.75, 3.05) is 26.0 Å². The van der Waals surface area contributed by atoms with Crippen LogP contribution in [0, 0.1) is 16.7 Å². The summed E-state index contributed by atoms with van der Waals surface area (Å²) in [6.07, 6.45) is 0.0445. The van der Waals surface area contributed by atoms with Crippen molar-refractivity contribution in [2.24, 2.45) is 22.6 Å². The minimum atomic E-state index is -2.74. The molecule has 2 amide bonds. The fraction of sp³-hybridized carbons (Fsp3) is 0.281. The van der Waals surface area contributed by atoms with Crippen LogP contribution in [0.25, 0.3) is 16.9 Å². The number of nitrogens with one attached hydrogen (secondary N) is 1. The Morgan fingerprint density at radius 3 is 2.37 bits per heavy atom. The Labute approximate surface area is 263 Å². The van der Waals surface area contributed by atoms with Crippen LogP contribution in [0.2, 0.25) is 0 Å². The number of carbonyl (C=O) groups excluding carboxylic acids is 4. The number of nitriles is 1. The van der Waals surface area contributed by atoms with E-state index in [0.29, 0.717) is 22.4 Å². The van der Waals surface area contributed by atoms with Gasteiger partial charge in [-0.25, -0.2) is 4.79 Å². The number of hydrogen-bond acceptors (Lipinski definition) is 12. The van der Waals surface area contributed by atoms with Gasteiger partial charge in [0.15, 0.2) is 17.0 Å². The van der Waals surface area contributed by atoms with E-state index in [1.54, 1.807) is 36.4 Å². The molecule has 10 N–H and O–H groups in total. The van der Waals surface area contributed by atoms with Crippen LogP contribution < -0.4 is 22.5 Å². The van der Waals surface area contributed by atoms with Gasteiger partial charge in [0.25, 0.3) is 5.91 Å². The first-order chi connectivity index (χ1) is 21.6. The highest BCUT2D eigenvalue weighted by atomic mass is 16.5. The SMILES string of the molecule is C=CCOC(=O)Nc1ccc(-c2ccc(O)c3c2C[C@@]2(N)C[C@@]4(N)[C@H](N(C)C)C(=O)C(C(N)=O)=C(O)[C@@]4(C#N)C(=O)C2=C3O)cc1. The van der Waals surface area contributed by atoms with Crippen LogP contribution in [0.3, 0.4) is 0 Å². The van der Waals surface area contributed by atoms with Gasteiger partial charge in [-0.1, -0.05) is 30.9 Å². The average Bonchev–Trinajstić information content (AvgIpc) is 2.95. The summed E-state index contributed by atoms with van der Waals surface area (Å²) >= 11 is 0. The molecular weight excluding hydrogens is 596 g/mol. The molecule has 0 saturated heterocycles. The van der Waals surface area contributed by atoms with Crippen LogP contribution in [0.4, 0.5) is 10.5 Å². The molecule has 14 heteroatoms. The number of phenolic OH excluding ortho intramolecular Hbond substituents is 1. The number of rotatable bonds is 6. The molecule has 0 aliphatic heterocycles. The predicted octanol–water partition coefficient (Wildman–Crippen LogP) is 1.31. The van der Waals surface area contributed by atoms with Gasteiger partial charge in [-0.2, -0.15) is 5.26 Å². The van der Waals surface area contributed by atoms with Crippen molar-refractivity contribution in [3.05, 3.63) is 77.1 Å². The Balaban J connectivity index is 1.70.